The van der Waals surface area contributed by atoms with Gasteiger partial charge in [0, 0.05) is 23.2 Å². The van der Waals surface area contributed by atoms with Crippen LogP contribution in [0.3, 0.4) is 0 Å². The summed E-state index contributed by atoms with van der Waals surface area (Å²) in [7, 11) is 0. The van der Waals surface area contributed by atoms with Crippen molar-refractivity contribution >= 4 is 44.7 Å². The molecular weight excluding hydrogens is 326 g/mol. The van der Waals surface area contributed by atoms with Gasteiger partial charge in [0.05, 0.1) is 22.8 Å². The number of hydrogen-bond acceptors (Lipinski definition) is 5. The summed E-state index contributed by atoms with van der Waals surface area (Å²) in [6, 6.07) is 15.1. The van der Waals surface area contributed by atoms with E-state index in [4.69, 9.17) is 0 Å². The molecule has 5 aromatic rings. The number of fused-ring (bicyclic) bond motifs is 4. The second kappa shape index (κ2) is 5.63. The number of nitrogens with zero attached hydrogens (tertiary/aromatic N) is 4. The SMILES string of the molecule is Oc1c(N=Cc2nc3ccccc3[nH]2)c2cccnc2c2ncccc12. The minimum Gasteiger partial charge on any atom is -0.505 e. The molecule has 0 amide bonds. The highest BCUT2D eigenvalue weighted by molar-refractivity contribution is 6.13. The number of aromatic hydroxyl groups is 1. The number of aromatic amines is 1. The average molecular weight is 339 g/mol. The van der Waals surface area contributed by atoms with Gasteiger partial charge < -0.3 is 10.1 Å². The van der Waals surface area contributed by atoms with Crippen LogP contribution in [0, 0.1) is 0 Å². The molecule has 6 heteroatoms. The summed E-state index contributed by atoms with van der Waals surface area (Å²) < 4.78 is 0. The van der Waals surface area contributed by atoms with Crippen LogP contribution in [-0.2, 0) is 0 Å². The predicted molar refractivity (Wildman–Crippen MR) is 102 cm³/mol. The fourth-order valence-corrected chi connectivity index (χ4v) is 3.12. The summed E-state index contributed by atoms with van der Waals surface area (Å²) in [5.74, 6) is 0.704. The molecule has 0 aliphatic heterocycles. The molecule has 0 saturated carbocycles. The van der Waals surface area contributed by atoms with Gasteiger partial charge in [0.25, 0.3) is 0 Å². The number of benzene rings is 2. The average Bonchev–Trinajstić information content (AvgIpc) is 3.11. The third kappa shape index (κ3) is 2.20. The molecule has 0 radical (unpaired) electrons. The topological polar surface area (TPSA) is 87.0 Å². The van der Waals surface area contributed by atoms with Crippen molar-refractivity contribution in [1.82, 2.24) is 19.9 Å². The first-order chi connectivity index (χ1) is 12.8. The molecule has 3 aromatic heterocycles. The highest BCUT2D eigenvalue weighted by Crippen LogP contribution is 2.41. The van der Waals surface area contributed by atoms with Crippen LogP contribution in [0.1, 0.15) is 5.82 Å². The smallest absolute Gasteiger partial charge is 0.151 e. The van der Waals surface area contributed by atoms with E-state index in [1.807, 2.05) is 42.5 Å². The number of para-hydroxylation sites is 2. The van der Waals surface area contributed by atoms with E-state index in [2.05, 4.69) is 24.9 Å². The summed E-state index contributed by atoms with van der Waals surface area (Å²) in [5.41, 5.74) is 3.62. The molecule has 124 valence electrons. The third-order valence-corrected chi connectivity index (χ3v) is 4.30. The van der Waals surface area contributed by atoms with Crippen molar-refractivity contribution in [3.05, 3.63) is 66.7 Å². The van der Waals surface area contributed by atoms with Crippen LogP contribution in [0.15, 0.2) is 65.9 Å². The Balaban J connectivity index is 1.73. The quantitative estimate of drug-likeness (QED) is 0.374. The van der Waals surface area contributed by atoms with Crippen molar-refractivity contribution in [2.45, 2.75) is 0 Å². The summed E-state index contributed by atoms with van der Waals surface area (Å²) in [4.78, 5) is 21.0. The first-order valence-electron chi connectivity index (χ1n) is 8.14. The maximum Gasteiger partial charge on any atom is 0.151 e. The van der Waals surface area contributed by atoms with Gasteiger partial charge in [-0.25, -0.2) is 9.98 Å². The van der Waals surface area contributed by atoms with Crippen molar-refractivity contribution in [2.24, 2.45) is 4.99 Å². The maximum absolute atomic E-state index is 10.8. The largest absolute Gasteiger partial charge is 0.505 e. The molecule has 2 aromatic carbocycles. The molecule has 0 unspecified atom stereocenters. The van der Waals surface area contributed by atoms with Gasteiger partial charge in [-0.1, -0.05) is 12.1 Å². The number of phenolic OH excluding ortho intramolecular Hbond substituents is 1. The highest BCUT2D eigenvalue weighted by atomic mass is 16.3. The number of H-pyrrole nitrogens is 1. The highest BCUT2D eigenvalue weighted by Gasteiger charge is 2.14. The van der Waals surface area contributed by atoms with E-state index >= 15 is 0 Å². The van der Waals surface area contributed by atoms with Crippen LogP contribution in [0.5, 0.6) is 5.75 Å². The van der Waals surface area contributed by atoms with E-state index in [-0.39, 0.29) is 5.75 Å². The second-order valence-corrected chi connectivity index (χ2v) is 5.89. The minimum atomic E-state index is 0.0842. The molecule has 0 bridgehead atoms. The fourth-order valence-electron chi connectivity index (χ4n) is 3.12. The van der Waals surface area contributed by atoms with Gasteiger partial charge in [-0.2, -0.15) is 0 Å². The van der Waals surface area contributed by atoms with E-state index in [0.717, 1.165) is 16.4 Å². The van der Waals surface area contributed by atoms with E-state index in [0.29, 0.717) is 27.9 Å². The van der Waals surface area contributed by atoms with Crippen LogP contribution in [0.4, 0.5) is 5.69 Å². The van der Waals surface area contributed by atoms with Gasteiger partial charge in [-0.3, -0.25) is 9.97 Å². The van der Waals surface area contributed by atoms with E-state index in [1.165, 1.54) is 0 Å². The number of nitrogens with one attached hydrogen (secondary N) is 1. The molecule has 3 heterocycles. The number of aliphatic imine (C=N–C) groups is 1. The minimum absolute atomic E-state index is 0.0842. The Kier molecular flexibility index (Phi) is 3.15. The van der Waals surface area contributed by atoms with Crippen molar-refractivity contribution in [1.29, 1.82) is 0 Å². The standard InChI is InChI=1S/C20H13N5O/c26-20-13-6-4-10-22-18(13)17-12(5-3-9-21-17)19(20)23-11-16-24-14-7-1-2-8-15(14)25-16/h1-11,26H,(H,24,25). The first-order valence-corrected chi connectivity index (χ1v) is 8.14. The fraction of sp³-hybridized carbons (Fsp3) is 0. The maximum atomic E-state index is 10.8. The zero-order valence-electron chi connectivity index (χ0n) is 13.6. The molecule has 2 N–H and O–H groups in total. The first kappa shape index (κ1) is 14.5. The summed E-state index contributed by atoms with van der Waals surface area (Å²) in [5, 5.41) is 12.1. The number of phenols is 1. The van der Waals surface area contributed by atoms with Gasteiger partial charge in [0.2, 0.25) is 0 Å². The Labute approximate surface area is 147 Å². The molecule has 5 rings (SSSR count). The Bertz CT molecular complexity index is 1270. The molecule has 0 fully saturated rings. The number of imidazole rings is 1. The number of aromatic nitrogens is 4. The van der Waals surface area contributed by atoms with E-state index in [9.17, 15) is 5.11 Å². The Morgan fingerprint density at radius 2 is 1.62 bits per heavy atom. The lowest BCUT2D eigenvalue weighted by atomic mass is 10.1. The van der Waals surface area contributed by atoms with Crippen LogP contribution in [-0.4, -0.2) is 31.3 Å². The Morgan fingerprint density at radius 3 is 2.42 bits per heavy atom. The molecular formula is C20H13N5O. The van der Waals surface area contributed by atoms with E-state index < -0.39 is 0 Å². The lowest BCUT2D eigenvalue weighted by molar-refractivity contribution is 0.483. The monoisotopic (exact) mass is 339 g/mol. The summed E-state index contributed by atoms with van der Waals surface area (Å²) in [6.07, 6.45) is 5.01. The van der Waals surface area contributed by atoms with Crippen LogP contribution in [0.25, 0.3) is 32.8 Å². The lowest BCUT2D eigenvalue weighted by Crippen LogP contribution is -1.88. The molecule has 0 saturated heterocycles. The van der Waals surface area contributed by atoms with Gasteiger partial charge in [-0.05, 0) is 36.4 Å². The lowest BCUT2D eigenvalue weighted by Gasteiger charge is -2.08. The van der Waals surface area contributed by atoms with Gasteiger partial charge in [0.15, 0.2) is 5.75 Å². The molecule has 0 aliphatic rings. The molecule has 0 aliphatic carbocycles. The van der Waals surface area contributed by atoms with Crippen molar-refractivity contribution in [3.8, 4) is 5.75 Å². The molecule has 26 heavy (non-hydrogen) atoms. The van der Waals surface area contributed by atoms with Gasteiger partial charge in [-0.15, -0.1) is 0 Å². The molecule has 0 atom stereocenters. The normalized spacial score (nSPS) is 11.8. The number of hydrogen-bond donors (Lipinski definition) is 2. The molecule has 0 spiro atoms. The van der Waals surface area contributed by atoms with Crippen molar-refractivity contribution in [3.63, 3.8) is 0 Å². The summed E-state index contributed by atoms with van der Waals surface area (Å²) >= 11 is 0. The van der Waals surface area contributed by atoms with Crippen molar-refractivity contribution in [2.75, 3.05) is 0 Å². The third-order valence-electron chi connectivity index (χ3n) is 4.30. The van der Waals surface area contributed by atoms with Crippen molar-refractivity contribution < 1.29 is 5.11 Å². The zero-order valence-corrected chi connectivity index (χ0v) is 13.6. The van der Waals surface area contributed by atoms with Gasteiger partial charge in [0.1, 0.15) is 17.0 Å². The number of rotatable bonds is 2. The summed E-state index contributed by atoms with van der Waals surface area (Å²) in [6.45, 7) is 0. The zero-order chi connectivity index (χ0) is 17.5. The van der Waals surface area contributed by atoms with Crippen LogP contribution >= 0.6 is 0 Å². The van der Waals surface area contributed by atoms with Crippen LogP contribution in [0.2, 0.25) is 0 Å². The second-order valence-electron chi connectivity index (χ2n) is 5.89. The van der Waals surface area contributed by atoms with Crippen LogP contribution < -0.4 is 0 Å². The number of pyridine rings is 2. The predicted octanol–water partition coefficient (Wildman–Crippen LogP) is 4.12. The van der Waals surface area contributed by atoms with Gasteiger partial charge >= 0.3 is 0 Å². The van der Waals surface area contributed by atoms with E-state index in [1.54, 1.807) is 24.7 Å². The Hall–Kier alpha value is -3.80. The molecule has 6 nitrogen and oxygen atoms in total. The Morgan fingerprint density at radius 1 is 0.885 bits per heavy atom.